The molecule has 0 aromatic carbocycles. The molecule has 2 N–H and O–H groups in total. The Labute approximate surface area is 121 Å². The first-order valence-corrected chi connectivity index (χ1v) is 5.34. The fourth-order valence-corrected chi connectivity index (χ4v) is 1.14. The summed E-state index contributed by atoms with van der Waals surface area (Å²) < 4.78 is 0. The van der Waals surface area contributed by atoms with E-state index in [-0.39, 0.29) is 30.7 Å². The lowest BCUT2D eigenvalue weighted by Gasteiger charge is -2.19. The Kier molecular flexibility index (Phi) is 18.2. The Balaban J connectivity index is -0.00000112. The van der Waals surface area contributed by atoms with Gasteiger partial charge in [0, 0.05) is 19.6 Å². The van der Waals surface area contributed by atoms with Crippen molar-refractivity contribution in [1.82, 2.24) is 15.1 Å². The Morgan fingerprint density at radius 2 is 1.83 bits per heavy atom. The third-order valence-electron chi connectivity index (χ3n) is 2.12. The maximum absolute atomic E-state index is 10.9. The molecular formula is C10H24Cl2N4O2. The molecule has 6 nitrogen and oxygen atoms in total. The molecule has 0 heterocycles. The topological polar surface area (TPSA) is 68.2 Å². The molecule has 0 aliphatic carbocycles. The first-order valence-electron chi connectivity index (χ1n) is 5.34. The van der Waals surface area contributed by atoms with Gasteiger partial charge in [0.1, 0.15) is 6.21 Å². The lowest BCUT2D eigenvalue weighted by atomic mass is 10.3. The lowest BCUT2D eigenvalue weighted by molar-refractivity contribution is -0.114. The fourth-order valence-electron chi connectivity index (χ4n) is 1.14. The Hall–Kier alpha value is -0.560. The normalized spacial score (nSPS) is 10.3. The molecule has 0 aliphatic heterocycles. The molecule has 0 atom stereocenters. The van der Waals surface area contributed by atoms with Gasteiger partial charge in [0.15, 0.2) is 0 Å². The molecular weight excluding hydrogens is 279 g/mol. The summed E-state index contributed by atoms with van der Waals surface area (Å²) in [4.78, 5) is 15.2. The number of rotatable bonds is 8. The van der Waals surface area contributed by atoms with Crippen LogP contribution in [-0.2, 0) is 4.79 Å². The minimum absolute atomic E-state index is 0. The van der Waals surface area contributed by atoms with Crippen LogP contribution in [0.25, 0.3) is 0 Å². The molecule has 0 aliphatic rings. The highest BCUT2D eigenvalue weighted by molar-refractivity contribution is 6.25. The fraction of sp³-hybridized carbons (Fsp3) is 0.800. The van der Waals surface area contributed by atoms with Gasteiger partial charge in [-0.2, -0.15) is 0 Å². The lowest BCUT2D eigenvalue weighted by Crippen LogP contribution is -2.32. The Morgan fingerprint density at radius 1 is 1.22 bits per heavy atom. The molecule has 0 rings (SSSR count). The van der Waals surface area contributed by atoms with Gasteiger partial charge in [0.05, 0.1) is 0 Å². The van der Waals surface area contributed by atoms with Crippen LogP contribution < -0.4 is 5.32 Å². The molecule has 0 radical (unpaired) electrons. The van der Waals surface area contributed by atoms with E-state index in [1.165, 1.54) is 0 Å². The van der Waals surface area contributed by atoms with Crippen LogP contribution in [0.1, 0.15) is 6.42 Å². The predicted octanol–water partition coefficient (Wildman–Crippen LogP) is 0.290. The molecule has 18 heavy (non-hydrogen) atoms. The summed E-state index contributed by atoms with van der Waals surface area (Å²) >= 11 is 0. The first kappa shape index (κ1) is 22.6. The molecule has 0 fully saturated rings. The van der Waals surface area contributed by atoms with Crippen LogP contribution in [0.15, 0.2) is 5.16 Å². The summed E-state index contributed by atoms with van der Waals surface area (Å²) in [5.41, 5.74) is 0. The van der Waals surface area contributed by atoms with Crippen molar-refractivity contribution in [2.24, 2.45) is 5.16 Å². The number of nitrogens with one attached hydrogen (secondary N) is 1. The molecule has 8 heteroatoms. The van der Waals surface area contributed by atoms with Crippen LogP contribution >= 0.6 is 24.8 Å². The van der Waals surface area contributed by atoms with Crippen molar-refractivity contribution in [3.05, 3.63) is 0 Å². The quantitative estimate of drug-likeness (QED) is 0.293. The highest BCUT2D eigenvalue weighted by Crippen LogP contribution is 1.87. The summed E-state index contributed by atoms with van der Waals surface area (Å²) in [6, 6.07) is 0. The maximum atomic E-state index is 10.9. The smallest absolute Gasteiger partial charge is 0.265 e. The zero-order valence-electron chi connectivity index (χ0n) is 11.1. The second-order valence-electron chi connectivity index (χ2n) is 4.00. The number of nitrogens with zero attached hydrogens (tertiary/aromatic N) is 3. The molecule has 0 saturated carbocycles. The number of hydrogen-bond acceptors (Lipinski definition) is 5. The molecule has 110 valence electrons. The van der Waals surface area contributed by atoms with E-state index in [4.69, 9.17) is 5.21 Å². The van der Waals surface area contributed by atoms with Crippen molar-refractivity contribution in [3.63, 3.8) is 0 Å². The summed E-state index contributed by atoms with van der Waals surface area (Å²) in [6.45, 7) is 3.57. The molecule has 0 aromatic rings. The van der Waals surface area contributed by atoms with Crippen molar-refractivity contribution < 1.29 is 10.0 Å². The van der Waals surface area contributed by atoms with E-state index in [1.54, 1.807) is 0 Å². The Morgan fingerprint density at radius 3 is 2.33 bits per heavy atom. The summed E-state index contributed by atoms with van der Waals surface area (Å²) in [5, 5.41) is 13.4. The monoisotopic (exact) mass is 302 g/mol. The van der Waals surface area contributed by atoms with Gasteiger partial charge in [-0.05, 0) is 34.1 Å². The number of carbonyl (C=O) groups excluding carboxylic acids is 1. The number of halogens is 2. The molecule has 0 saturated heterocycles. The van der Waals surface area contributed by atoms with Crippen LogP contribution in [0.2, 0.25) is 0 Å². The second-order valence-corrected chi connectivity index (χ2v) is 4.00. The third kappa shape index (κ3) is 15.4. The molecule has 0 unspecified atom stereocenters. The van der Waals surface area contributed by atoms with Gasteiger partial charge in [-0.1, -0.05) is 5.16 Å². The minimum Gasteiger partial charge on any atom is -0.411 e. The van der Waals surface area contributed by atoms with Crippen LogP contribution in [0.4, 0.5) is 0 Å². The van der Waals surface area contributed by atoms with E-state index in [0.29, 0.717) is 6.54 Å². The van der Waals surface area contributed by atoms with E-state index < -0.39 is 0 Å². The van der Waals surface area contributed by atoms with Crippen LogP contribution in [0, 0.1) is 0 Å². The summed E-state index contributed by atoms with van der Waals surface area (Å²) in [6.07, 6.45) is 1.74. The third-order valence-corrected chi connectivity index (χ3v) is 2.12. The van der Waals surface area contributed by atoms with E-state index in [0.717, 1.165) is 32.3 Å². The number of amides is 1. The van der Waals surface area contributed by atoms with E-state index >= 15 is 0 Å². The highest BCUT2D eigenvalue weighted by atomic mass is 35.5. The second kappa shape index (κ2) is 14.5. The molecule has 1 amide bonds. The number of hydrogen-bond donors (Lipinski definition) is 2. The first-order chi connectivity index (χ1) is 7.56. The minimum atomic E-state index is -0.363. The van der Waals surface area contributed by atoms with Gasteiger partial charge in [-0.15, -0.1) is 24.8 Å². The number of likely N-dealkylation sites (N-methyl/N-ethyl adjacent to an activating group) is 2. The van der Waals surface area contributed by atoms with Gasteiger partial charge in [0.2, 0.25) is 0 Å². The zero-order chi connectivity index (χ0) is 12.4. The van der Waals surface area contributed by atoms with Crippen LogP contribution in [0.5, 0.6) is 0 Å². The zero-order valence-corrected chi connectivity index (χ0v) is 12.8. The van der Waals surface area contributed by atoms with Gasteiger partial charge >= 0.3 is 0 Å². The Bertz CT molecular complexity index is 228. The van der Waals surface area contributed by atoms with Crippen molar-refractivity contribution in [2.75, 3.05) is 47.3 Å². The summed E-state index contributed by atoms with van der Waals surface area (Å²) in [7, 11) is 6.14. The SMILES string of the molecule is CN(C)CCN(C)CCCNC(=O)C=NO.Cl.Cl. The standard InChI is InChI=1S/C10H22N4O2.2ClH/c1-13(2)7-8-14(3)6-4-5-11-10(15)9-12-16;;/h9,16H,4-8H2,1-3H3,(H,11,15);2*1H. The average molecular weight is 303 g/mol. The highest BCUT2D eigenvalue weighted by Gasteiger charge is 2.00. The van der Waals surface area contributed by atoms with Crippen molar-refractivity contribution >= 4 is 36.9 Å². The largest absolute Gasteiger partial charge is 0.411 e. The van der Waals surface area contributed by atoms with Gasteiger partial charge < -0.3 is 20.3 Å². The van der Waals surface area contributed by atoms with Crippen molar-refractivity contribution in [1.29, 1.82) is 0 Å². The molecule has 0 aromatic heterocycles. The van der Waals surface area contributed by atoms with Crippen molar-refractivity contribution in [3.8, 4) is 0 Å². The molecule has 0 bridgehead atoms. The number of carbonyl (C=O) groups is 1. The average Bonchev–Trinajstić information content (AvgIpc) is 2.22. The number of oxime groups is 1. The van der Waals surface area contributed by atoms with Crippen LogP contribution in [0.3, 0.4) is 0 Å². The summed E-state index contributed by atoms with van der Waals surface area (Å²) in [5.74, 6) is -0.363. The van der Waals surface area contributed by atoms with E-state index in [2.05, 4.69) is 27.3 Å². The molecule has 0 spiro atoms. The van der Waals surface area contributed by atoms with Gasteiger partial charge in [-0.3, -0.25) is 4.79 Å². The van der Waals surface area contributed by atoms with Gasteiger partial charge in [-0.25, -0.2) is 0 Å². The van der Waals surface area contributed by atoms with E-state index in [9.17, 15) is 4.79 Å². The van der Waals surface area contributed by atoms with E-state index in [1.807, 2.05) is 14.1 Å². The van der Waals surface area contributed by atoms with Crippen LogP contribution in [-0.4, -0.2) is 74.5 Å². The maximum Gasteiger partial charge on any atom is 0.265 e. The van der Waals surface area contributed by atoms with Gasteiger partial charge in [0.25, 0.3) is 5.91 Å². The van der Waals surface area contributed by atoms with Crippen molar-refractivity contribution in [2.45, 2.75) is 6.42 Å². The predicted molar refractivity (Wildman–Crippen MR) is 78.5 cm³/mol.